The first-order chi connectivity index (χ1) is 25.2. The summed E-state index contributed by atoms with van der Waals surface area (Å²) in [6.07, 6.45) is 4.79. The smallest absolute Gasteiger partial charge is 0.153 e. The van der Waals surface area contributed by atoms with Gasteiger partial charge >= 0.3 is 0 Å². The third-order valence-electron chi connectivity index (χ3n) is 8.87. The third kappa shape index (κ3) is 10.8. The molecule has 0 amide bonds. The average molecular weight is 729 g/mol. The zero-order chi connectivity index (χ0) is 37.5. The molecule has 0 aliphatic heterocycles. The lowest BCUT2D eigenvalue weighted by Crippen LogP contribution is -2.46. The number of hydrogen-bond acceptors (Lipinski definition) is 11. The van der Waals surface area contributed by atoms with Crippen LogP contribution in [0.5, 0.6) is 17.2 Å². The Hall–Kier alpha value is -4.90. The van der Waals surface area contributed by atoms with Gasteiger partial charge in [0.05, 0.1) is 23.2 Å². The first kappa shape index (κ1) is 39.9. The summed E-state index contributed by atoms with van der Waals surface area (Å²) < 4.78 is 18.8. The van der Waals surface area contributed by atoms with E-state index in [4.69, 9.17) is 42.6 Å². The van der Waals surface area contributed by atoms with Crippen molar-refractivity contribution in [3.05, 3.63) is 105 Å². The van der Waals surface area contributed by atoms with Crippen LogP contribution in [-0.2, 0) is 19.8 Å². The number of hydrogen-bond donors (Lipinski definition) is 5. The van der Waals surface area contributed by atoms with Gasteiger partial charge in [0.25, 0.3) is 0 Å². The number of rotatable bonds is 19. The number of aliphatic hydroxyl groups is 1. The van der Waals surface area contributed by atoms with Crippen molar-refractivity contribution in [3.8, 4) is 34.4 Å². The van der Waals surface area contributed by atoms with E-state index in [1.54, 1.807) is 18.3 Å². The fourth-order valence-electron chi connectivity index (χ4n) is 5.67. The van der Waals surface area contributed by atoms with Gasteiger partial charge in [-0.1, -0.05) is 41.9 Å². The molecular weight excluding hydrogens is 680 g/mol. The SMILES string of the molecule is Cc1c(COc2cc(OCc3cncc(C#N)c3)c(CN(C)C(C)/C(=N/N)NN)cc2Cl)cccc1-c1cccc(OCCCNCCCO)c1C. The molecule has 0 spiro atoms. The molecule has 1 unspecified atom stereocenters. The Morgan fingerprint density at radius 2 is 1.69 bits per heavy atom. The Morgan fingerprint density at radius 1 is 0.962 bits per heavy atom. The quantitative estimate of drug-likeness (QED) is 0.0277. The van der Waals surface area contributed by atoms with Gasteiger partial charge in [-0.05, 0) is 99.8 Å². The first-order valence-corrected chi connectivity index (χ1v) is 17.6. The molecule has 0 saturated carbocycles. The molecule has 1 heterocycles. The summed E-state index contributed by atoms with van der Waals surface area (Å²) in [6, 6.07) is 19.6. The number of aliphatic hydroxyl groups excluding tert-OH is 1. The normalized spacial score (nSPS) is 12.0. The highest BCUT2D eigenvalue weighted by Crippen LogP contribution is 2.37. The molecule has 1 aromatic heterocycles. The Balaban J connectivity index is 1.54. The Morgan fingerprint density at radius 3 is 2.42 bits per heavy atom. The number of pyridine rings is 1. The number of nitriles is 1. The van der Waals surface area contributed by atoms with Gasteiger partial charge in [-0.3, -0.25) is 9.88 Å². The minimum absolute atomic E-state index is 0.181. The van der Waals surface area contributed by atoms with Crippen molar-refractivity contribution < 1.29 is 19.3 Å². The van der Waals surface area contributed by atoms with Gasteiger partial charge in [0, 0.05) is 42.7 Å². The number of likely N-dealkylation sites (N-methyl/N-ethyl adjacent to an activating group) is 1. The highest BCUT2D eigenvalue weighted by Gasteiger charge is 2.20. The number of nitrogens with one attached hydrogen (secondary N) is 2. The van der Waals surface area contributed by atoms with Crippen LogP contribution in [0.1, 0.15) is 53.1 Å². The number of hydrazone groups is 1. The summed E-state index contributed by atoms with van der Waals surface area (Å²) in [4.78, 5) is 6.15. The van der Waals surface area contributed by atoms with Gasteiger partial charge < -0.3 is 35.9 Å². The van der Waals surface area contributed by atoms with E-state index < -0.39 is 0 Å². The largest absolute Gasteiger partial charge is 0.493 e. The van der Waals surface area contributed by atoms with Crippen molar-refractivity contribution in [2.45, 2.75) is 59.4 Å². The Kier molecular flexibility index (Phi) is 15.5. The zero-order valence-corrected chi connectivity index (χ0v) is 31.0. The van der Waals surface area contributed by atoms with Crippen LogP contribution in [0.15, 0.2) is 72.1 Å². The van der Waals surface area contributed by atoms with Gasteiger partial charge in [-0.15, -0.1) is 0 Å². The number of ether oxygens (including phenoxy) is 3. The molecule has 0 aliphatic carbocycles. The van der Waals surface area contributed by atoms with Crippen LogP contribution in [0.25, 0.3) is 11.1 Å². The van der Waals surface area contributed by atoms with Crippen LogP contribution in [0.3, 0.4) is 0 Å². The Bertz CT molecular complexity index is 1850. The number of nitrogens with zero attached hydrogens (tertiary/aromatic N) is 4. The summed E-state index contributed by atoms with van der Waals surface area (Å²) in [5, 5.41) is 25.8. The maximum Gasteiger partial charge on any atom is 0.153 e. The van der Waals surface area contributed by atoms with Crippen molar-refractivity contribution in [2.75, 3.05) is 33.4 Å². The predicted molar refractivity (Wildman–Crippen MR) is 205 cm³/mol. The van der Waals surface area contributed by atoms with E-state index in [0.717, 1.165) is 70.6 Å². The predicted octanol–water partition coefficient (Wildman–Crippen LogP) is 5.35. The number of hydrazine groups is 1. The standard InChI is InChI=1S/C39H49ClN8O4/c1-26-31(9-5-10-33(26)34-11-6-12-36(27(34)2)50-16-8-14-44-13-7-15-49)25-52-38-19-37(51-24-30-17-29(20-41)21-45-22-30)32(18-35(38)40)23-48(4)28(3)39(46-42)47-43/h5-6,9-12,17-19,21-22,28,44,49H,7-8,13-16,23-25,42-43H2,1-4H3,(H,46,47). The molecule has 3 aromatic carbocycles. The number of halogens is 1. The molecule has 1 atom stereocenters. The highest BCUT2D eigenvalue weighted by molar-refractivity contribution is 6.32. The molecule has 12 nitrogen and oxygen atoms in total. The molecule has 0 saturated heterocycles. The molecular formula is C39H49ClN8O4. The van der Waals surface area contributed by atoms with E-state index >= 15 is 0 Å². The molecule has 0 aliphatic rings. The fraction of sp³-hybridized carbons (Fsp3) is 0.359. The van der Waals surface area contributed by atoms with Gasteiger partial charge in [-0.2, -0.15) is 10.4 Å². The summed E-state index contributed by atoms with van der Waals surface area (Å²) in [7, 11) is 1.91. The third-order valence-corrected chi connectivity index (χ3v) is 9.16. The van der Waals surface area contributed by atoms with Crippen molar-refractivity contribution >= 4 is 17.4 Å². The lowest BCUT2D eigenvalue weighted by molar-refractivity contribution is 0.268. The summed E-state index contributed by atoms with van der Waals surface area (Å²) in [6.45, 7) is 9.41. The van der Waals surface area contributed by atoms with E-state index in [-0.39, 0.29) is 25.9 Å². The molecule has 0 radical (unpaired) electrons. The number of benzene rings is 3. The van der Waals surface area contributed by atoms with E-state index in [2.05, 4.69) is 52.9 Å². The molecule has 0 fully saturated rings. The molecule has 0 bridgehead atoms. The Labute approximate surface area is 311 Å². The monoisotopic (exact) mass is 728 g/mol. The van der Waals surface area contributed by atoms with Gasteiger partial charge in [0.15, 0.2) is 5.84 Å². The topological polar surface area (TPSA) is 176 Å². The van der Waals surface area contributed by atoms with Crippen LogP contribution >= 0.6 is 11.6 Å². The lowest BCUT2D eigenvalue weighted by atomic mass is 9.93. The van der Waals surface area contributed by atoms with Gasteiger partial charge in [0.1, 0.15) is 36.5 Å². The molecule has 4 aromatic rings. The molecule has 52 heavy (non-hydrogen) atoms. The van der Waals surface area contributed by atoms with Gasteiger partial charge in [-0.25, -0.2) is 5.84 Å². The number of nitrogens with two attached hydrogens (primary N) is 2. The van der Waals surface area contributed by atoms with Crippen LogP contribution in [0.2, 0.25) is 5.02 Å². The van der Waals surface area contributed by atoms with Gasteiger partial charge in [0.2, 0.25) is 0 Å². The average Bonchev–Trinajstić information content (AvgIpc) is 3.15. The summed E-state index contributed by atoms with van der Waals surface area (Å²) >= 11 is 6.84. The second kappa shape index (κ2) is 20.2. The van der Waals surface area contributed by atoms with Crippen LogP contribution in [0.4, 0.5) is 0 Å². The summed E-state index contributed by atoms with van der Waals surface area (Å²) in [5.74, 6) is 13.4. The summed E-state index contributed by atoms with van der Waals surface area (Å²) in [5.41, 5.74) is 9.90. The van der Waals surface area contributed by atoms with E-state index in [9.17, 15) is 5.26 Å². The lowest BCUT2D eigenvalue weighted by Gasteiger charge is -2.26. The molecule has 276 valence electrons. The van der Waals surface area contributed by atoms with Crippen LogP contribution in [0, 0.1) is 25.2 Å². The second-order valence-corrected chi connectivity index (χ2v) is 12.9. The highest BCUT2D eigenvalue weighted by atomic mass is 35.5. The van der Waals surface area contributed by atoms with E-state index in [0.29, 0.717) is 41.1 Å². The van der Waals surface area contributed by atoms with Crippen molar-refractivity contribution in [3.63, 3.8) is 0 Å². The molecule has 4 rings (SSSR count). The van der Waals surface area contributed by atoms with Crippen LogP contribution < -0.4 is 36.6 Å². The maximum absolute atomic E-state index is 9.33. The molecule has 7 N–H and O–H groups in total. The zero-order valence-electron chi connectivity index (χ0n) is 30.3. The number of aromatic nitrogens is 1. The van der Waals surface area contributed by atoms with E-state index in [1.807, 2.05) is 49.2 Å². The minimum atomic E-state index is -0.231. The second-order valence-electron chi connectivity index (χ2n) is 12.5. The van der Waals surface area contributed by atoms with Crippen molar-refractivity contribution in [1.82, 2.24) is 20.6 Å². The fourth-order valence-corrected chi connectivity index (χ4v) is 5.91. The maximum atomic E-state index is 9.33. The van der Waals surface area contributed by atoms with Crippen LogP contribution in [-0.4, -0.2) is 60.2 Å². The van der Waals surface area contributed by atoms with Crippen molar-refractivity contribution in [2.24, 2.45) is 16.8 Å². The minimum Gasteiger partial charge on any atom is -0.493 e. The first-order valence-electron chi connectivity index (χ1n) is 17.2. The van der Waals surface area contributed by atoms with E-state index in [1.165, 1.54) is 6.20 Å². The van der Waals surface area contributed by atoms with Crippen molar-refractivity contribution in [1.29, 1.82) is 5.26 Å². The molecule has 13 heteroatoms. The number of amidine groups is 1.